The Bertz CT molecular complexity index is 533. The normalized spacial score (nSPS) is 14.1. The van der Waals surface area contributed by atoms with Gasteiger partial charge in [-0.3, -0.25) is 4.79 Å². The molecule has 0 saturated heterocycles. The Morgan fingerprint density at radius 1 is 1.62 bits per heavy atom. The van der Waals surface area contributed by atoms with Gasteiger partial charge in [-0.15, -0.1) is 5.10 Å². The average molecular weight is 297 g/mol. The van der Waals surface area contributed by atoms with Gasteiger partial charge in [0.2, 0.25) is 0 Å². The molecule has 0 bridgehead atoms. The molecule has 0 aliphatic carbocycles. The Morgan fingerprint density at radius 3 is 2.95 bits per heavy atom. The molecular formula is C13H22FN6O+. The highest BCUT2D eigenvalue weighted by molar-refractivity contribution is 5.91. The number of nitrogens with two attached hydrogens (primary N) is 1. The fraction of sp³-hybridized carbons (Fsp3) is 0.462. The van der Waals surface area contributed by atoms with Crippen molar-refractivity contribution in [2.45, 2.75) is 32.5 Å². The van der Waals surface area contributed by atoms with E-state index in [4.69, 9.17) is 5.73 Å². The van der Waals surface area contributed by atoms with Gasteiger partial charge in [0.15, 0.2) is 5.69 Å². The molecule has 0 saturated carbocycles. The molecule has 1 aromatic rings. The number of hydrogen-bond acceptors (Lipinski definition) is 4. The molecule has 1 rings (SSSR count). The highest BCUT2D eigenvalue weighted by atomic mass is 19.1. The molecular weight excluding hydrogens is 275 g/mol. The van der Waals surface area contributed by atoms with Crippen molar-refractivity contribution in [2.24, 2.45) is 5.73 Å². The van der Waals surface area contributed by atoms with E-state index < -0.39 is 6.17 Å². The van der Waals surface area contributed by atoms with E-state index in [2.05, 4.69) is 21.4 Å². The van der Waals surface area contributed by atoms with Crippen LogP contribution in [0.25, 0.3) is 0 Å². The van der Waals surface area contributed by atoms with Gasteiger partial charge in [0.05, 0.1) is 12.7 Å². The van der Waals surface area contributed by atoms with Crippen molar-refractivity contribution in [1.82, 2.24) is 20.3 Å². The summed E-state index contributed by atoms with van der Waals surface area (Å²) in [5.74, 6) is -0.344. The van der Waals surface area contributed by atoms with E-state index in [1.54, 1.807) is 19.1 Å². The van der Waals surface area contributed by atoms with Crippen LogP contribution in [0.3, 0.4) is 0 Å². The number of carbonyl (C=O) groups is 1. The van der Waals surface area contributed by atoms with Crippen LogP contribution < -0.4 is 16.8 Å². The lowest BCUT2D eigenvalue weighted by molar-refractivity contribution is -0.307. The fourth-order valence-electron chi connectivity index (χ4n) is 1.59. The van der Waals surface area contributed by atoms with Crippen molar-refractivity contribution < 1.29 is 14.9 Å². The quantitative estimate of drug-likeness (QED) is 0.602. The molecule has 1 amide bonds. The van der Waals surface area contributed by atoms with Gasteiger partial charge in [0, 0.05) is 19.2 Å². The Balaban J connectivity index is 2.45. The number of halogens is 1. The van der Waals surface area contributed by atoms with Gasteiger partial charge in [-0.1, -0.05) is 5.21 Å². The van der Waals surface area contributed by atoms with E-state index >= 15 is 0 Å². The third-order valence-corrected chi connectivity index (χ3v) is 2.74. The van der Waals surface area contributed by atoms with Crippen molar-refractivity contribution >= 4 is 5.91 Å². The van der Waals surface area contributed by atoms with Crippen LogP contribution >= 0.6 is 0 Å². The van der Waals surface area contributed by atoms with E-state index in [0.717, 1.165) is 5.70 Å². The molecule has 1 heterocycles. The summed E-state index contributed by atoms with van der Waals surface area (Å²) in [5, 5.41) is 9.83. The fourth-order valence-corrected chi connectivity index (χ4v) is 1.59. The average Bonchev–Trinajstić information content (AvgIpc) is 2.90. The minimum absolute atomic E-state index is 0.0586. The topological polar surface area (TPSA) is 113 Å². The first-order valence-electron chi connectivity index (χ1n) is 6.63. The number of rotatable bonds is 7. The van der Waals surface area contributed by atoms with E-state index in [1.165, 1.54) is 17.9 Å². The zero-order chi connectivity index (χ0) is 15.8. The number of amides is 1. The van der Waals surface area contributed by atoms with Crippen LogP contribution in [0, 0.1) is 0 Å². The molecule has 0 aliphatic rings. The third kappa shape index (κ3) is 6.17. The smallest absolute Gasteiger partial charge is 0.273 e. The maximum Gasteiger partial charge on any atom is 0.273 e. The second kappa shape index (κ2) is 8.15. The first-order chi connectivity index (χ1) is 9.92. The Hall–Kier alpha value is -2.22. The molecule has 6 N–H and O–H groups in total. The monoisotopic (exact) mass is 297 g/mol. The lowest BCUT2D eigenvalue weighted by Gasteiger charge is -2.06. The zero-order valence-electron chi connectivity index (χ0n) is 12.3. The SMILES string of the molecule is CNC(=O)c1cn(CC(F)CCC([NH3+])=CC=C(C)N)nn1. The van der Waals surface area contributed by atoms with E-state index in [0.29, 0.717) is 18.5 Å². The van der Waals surface area contributed by atoms with Gasteiger partial charge in [-0.25, -0.2) is 9.07 Å². The van der Waals surface area contributed by atoms with Crippen LogP contribution in [0.2, 0.25) is 0 Å². The second-order valence-corrected chi connectivity index (χ2v) is 4.78. The summed E-state index contributed by atoms with van der Waals surface area (Å²) in [6.07, 6.45) is 4.71. The molecule has 0 aromatic carbocycles. The van der Waals surface area contributed by atoms with Gasteiger partial charge in [0.25, 0.3) is 5.91 Å². The molecule has 116 valence electrons. The lowest BCUT2D eigenvalue weighted by Crippen LogP contribution is -2.47. The molecule has 0 spiro atoms. The Morgan fingerprint density at radius 2 is 2.33 bits per heavy atom. The van der Waals surface area contributed by atoms with Crippen LogP contribution in [0.5, 0.6) is 0 Å². The van der Waals surface area contributed by atoms with Gasteiger partial charge >= 0.3 is 0 Å². The lowest BCUT2D eigenvalue weighted by atomic mass is 10.1. The largest absolute Gasteiger partial charge is 0.402 e. The predicted octanol–water partition coefficient (Wildman–Crippen LogP) is -0.256. The standard InChI is InChI=1S/C13H21FN6O/c1-9(15)3-5-11(16)6-4-10(14)7-20-8-12(18-19-20)13(21)17-2/h3,5,8,10H,4,6-7,15-16H2,1-2H3,(H,17,21)/p+1. The van der Waals surface area contributed by atoms with E-state index in [-0.39, 0.29) is 18.1 Å². The van der Waals surface area contributed by atoms with Crippen LogP contribution in [-0.4, -0.2) is 34.1 Å². The van der Waals surface area contributed by atoms with E-state index in [1.807, 2.05) is 0 Å². The van der Waals surface area contributed by atoms with Crippen LogP contribution in [0.15, 0.2) is 29.7 Å². The maximum atomic E-state index is 13.9. The number of hydrogen-bond donors (Lipinski definition) is 3. The van der Waals surface area contributed by atoms with Gasteiger partial charge in [-0.2, -0.15) is 0 Å². The molecule has 1 aromatic heterocycles. The highest BCUT2D eigenvalue weighted by Crippen LogP contribution is 2.08. The van der Waals surface area contributed by atoms with E-state index in [9.17, 15) is 9.18 Å². The van der Waals surface area contributed by atoms with Gasteiger partial charge in [-0.05, 0) is 25.5 Å². The number of allylic oxidation sites excluding steroid dienone is 4. The minimum atomic E-state index is -1.09. The van der Waals surface area contributed by atoms with Crippen molar-refractivity contribution in [3.05, 3.63) is 35.4 Å². The van der Waals surface area contributed by atoms with Gasteiger partial charge in [0.1, 0.15) is 11.9 Å². The van der Waals surface area contributed by atoms with Crippen LogP contribution in [0.4, 0.5) is 4.39 Å². The molecule has 0 fully saturated rings. The molecule has 0 radical (unpaired) electrons. The number of nitrogens with zero attached hydrogens (tertiary/aromatic N) is 3. The summed E-state index contributed by atoms with van der Waals surface area (Å²) >= 11 is 0. The third-order valence-electron chi connectivity index (χ3n) is 2.74. The number of aromatic nitrogens is 3. The summed E-state index contributed by atoms with van der Waals surface area (Å²) < 4.78 is 15.2. The van der Waals surface area contributed by atoms with Crippen molar-refractivity contribution in [1.29, 1.82) is 0 Å². The number of alkyl halides is 1. The Kier molecular flexibility index (Phi) is 6.54. The molecule has 8 heteroatoms. The van der Waals surface area contributed by atoms with Gasteiger partial charge < -0.3 is 16.8 Å². The highest BCUT2D eigenvalue weighted by Gasteiger charge is 2.13. The zero-order valence-corrected chi connectivity index (χ0v) is 12.3. The predicted molar refractivity (Wildman–Crippen MR) is 76.5 cm³/mol. The maximum absolute atomic E-state index is 13.9. The number of carbonyl (C=O) groups excluding carboxylic acids is 1. The molecule has 1 atom stereocenters. The number of nitrogens with one attached hydrogen (secondary N) is 1. The van der Waals surface area contributed by atoms with Crippen molar-refractivity contribution in [3.63, 3.8) is 0 Å². The van der Waals surface area contributed by atoms with Crippen LogP contribution in [0.1, 0.15) is 30.3 Å². The minimum Gasteiger partial charge on any atom is -0.402 e. The molecule has 21 heavy (non-hydrogen) atoms. The second-order valence-electron chi connectivity index (χ2n) is 4.78. The first-order valence-corrected chi connectivity index (χ1v) is 6.63. The summed E-state index contributed by atoms with van der Waals surface area (Å²) in [7, 11) is 1.50. The molecule has 0 aliphatic heterocycles. The number of quaternary nitrogens is 1. The molecule has 1 unspecified atom stereocenters. The van der Waals surface area contributed by atoms with Crippen molar-refractivity contribution in [3.8, 4) is 0 Å². The summed E-state index contributed by atoms with van der Waals surface area (Å²) in [6, 6.07) is 0. The first kappa shape index (κ1) is 16.8. The molecule has 7 nitrogen and oxygen atoms in total. The summed E-state index contributed by atoms with van der Waals surface area (Å²) in [6.45, 7) is 1.83. The van der Waals surface area contributed by atoms with Crippen LogP contribution in [-0.2, 0) is 6.54 Å². The Labute approximate surface area is 122 Å². The van der Waals surface area contributed by atoms with Crippen molar-refractivity contribution in [2.75, 3.05) is 7.05 Å². The summed E-state index contributed by atoms with van der Waals surface area (Å²) in [4.78, 5) is 11.3. The summed E-state index contributed by atoms with van der Waals surface area (Å²) in [5.41, 5.74) is 11.0.